The van der Waals surface area contributed by atoms with Gasteiger partial charge < -0.3 is 4.74 Å². The van der Waals surface area contributed by atoms with Gasteiger partial charge >= 0.3 is 0 Å². The van der Waals surface area contributed by atoms with Gasteiger partial charge in [-0.05, 0) is 42.2 Å². The van der Waals surface area contributed by atoms with E-state index in [1.807, 2.05) is 24.3 Å². The van der Waals surface area contributed by atoms with Crippen molar-refractivity contribution in [2.24, 2.45) is 5.92 Å². The minimum atomic E-state index is 0.770. The Balaban J connectivity index is 2.47. The highest BCUT2D eigenvalue weighted by molar-refractivity contribution is 5.49. The van der Waals surface area contributed by atoms with Crippen LogP contribution >= 0.6 is 0 Å². The Morgan fingerprint density at radius 1 is 1.44 bits per heavy atom. The zero-order valence-electron chi connectivity index (χ0n) is 11.8. The van der Waals surface area contributed by atoms with Crippen molar-refractivity contribution in [1.29, 1.82) is 0 Å². The highest BCUT2D eigenvalue weighted by Crippen LogP contribution is 2.18. The summed E-state index contributed by atoms with van der Waals surface area (Å²) in [7, 11) is 1.68. The lowest BCUT2D eigenvalue weighted by atomic mass is 9.95. The van der Waals surface area contributed by atoms with Gasteiger partial charge in [-0.2, -0.15) is 0 Å². The predicted molar refractivity (Wildman–Crippen MR) is 77.5 cm³/mol. The van der Waals surface area contributed by atoms with Gasteiger partial charge in [0, 0.05) is 0 Å². The highest BCUT2D eigenvalue weighted by Gasteiger charge is 2.03. The van der Waals surface area contributed by atoms with Crippen molar-refractivity contribution in [2.75, 3.05) is 7.11 Å². The van der Waals surface area contributed by atoms with E-state index in [4.69, 9.17) is 4.74 Å². The van der Waals surface area contributed by atoms with Gasteiger partial charge in [0.1, 0.15) is 5.75 Å². The average Bonchev–Trinajstić information content (AvgIpc) is 2.43. The number of hydrogen-bond donors (Lipinski definition) is 0. The molecule has 0 fully saturated rings. The molecule has 0 heterocycles. The second-order valence-corrected chi connectivity index (χ2v) is 4.65. The van der Waals surface area contributed by atoms with E-state index in [9.17, 15) is 0 Å². The van der Waals surface area contributed by atoms with Crippen molar-refractivity contribution in [3.63, 3.8) is 0 Å². The Morgan fingerprint density at radius 2 is 2.28 bits per heavy atom. The summed E-state index contributed by atoms with van der Waals surface area (Å²) >= 11 is 0. The van der Waals surface area contributed by atoms with Crippen LogP contribution in [0.2, 0.25) is 0 Å². The van der Waals surface area contributed by atoms with E-state index >= 15 is 0 Å². The molecule has 0 aliphatic heterocycles. The summed E-state index contributed by atoms with van der Waals surface area (Å²) in [6, 6.07) is 8.97. The lowest BCUT2D eigenvalue weighted by molar-refractivity contribution is 0.414. The number of benzene rings is 1. The summed E-state index contributed by atoms with van der Waals surface area (Å²) in [4.78, 5) is 0. The van der Waals surface area contributed by atoms with Gasteiger partial charge in [-0.1, -0.05) is 51.7 Å². The topological polar surface area (TPSA) is 9.23 Å². The highest BCUT2D eigenvalue weighted by atomic mass is 16.5. The van der Waals surface area contributed by atoms with Crippen molar-refractivity contribution in [2.45, 2.75) is 46.0 Å². The van der Waals surface area contributed by atoms with E-state index in [1.165, 1.54) is 25.7 Å². The fraction of sp³-hybridized carbons (Fsp3) is 0.529. The van der Waals surface area contributed by atoms with Crippen molar-refractivity contribution >= 4 is 6.08 Å². The van der Waals surface area contributed by atoms with Crippen LogP contribution < -0.4 is 4.74 Å². The molecule has 98 valence electrons. The fourth-order valence-electron chi connectivity index (χ4n) is 1.95. The first-order valence-electron chi connectivity index (χ1n) is 6.92. The van der Waals surface area contributed by atoms with Crippen LogP contribution in [0.5, 0.6) is 5.75 Å². The SMILES string of the molecule is CCCCC(CC)C[C]=Cc1[c]ccc(OC)c1. The van der Waals surface area contributed by atoms with Crippen molar-refractivity contribution in [1.82, 2.24) is 0 Å². The molecule has 0 aliphatic carbocycles. The Bertz CT molecular complexity index is 354. The lowest BCUT2D eigenvalue weighted by Gasteiger charge is -2.10. The predicted octanol–water partition coefficient (Wildman–Crippen LogP) is 4.92. The third-order valence-electron chi connectivity index (χ3n) is 3.24. The molecule has 0 spiro atoms. The molecule has 1 aromatic rings. The first-order chi connectivity index (χ1) is 8.80. The minimum absolute atomic E-state index is 0.770. The third kappa shape index (κ3) is 5.39. The molecule has 0 N–H and O–H groups in total. The summed E-state index contributed by atoms with van der Waals surface area (Å²) in [6.07, 6.45) is 11.6. The van der Waals surface area contributed by atoms with Crippen LogP contribution in [-0.4, -0.2) is 7.11 Å². The zero-order valence-corrected chi connectivity index (χ0v) is 11.8. The third-order valence-corrected chi connectivity index (χ3v) is 3.24. The average molecular weight is 244 g/mol. The van der Waals surface area contributed by atoms with Crippen molar-refractivity contribution < 1.29 is 4.74 Å². The molecule has 1 atom stereocenters. The van der Waals surface area contributed by atoms with Gasteiger partial charge in [0.05, 0.1) is 7.11 Å². The molecule has 0 bridgehead atoms. The summed E-state index contributed by atoms with van der Waals surface area (Å²) < 4.78 is 5.19. The van der Waals surface area contributed by atoms with Gasteiger partial charge in [-0.25, -0.2) is 0 Å². The second kappa shape index (κ2) is 8.79. The Morgan fingerprint density at radius 3 is 2.94 bits per heavy atom. The molecule has 0 aromatic heterocycles. The Kier molecular flexibility index (Phi) is 7.24. The van der Waals surface area contributed by atoms with Crippen LogP contribution in [0.3, 0.4) is 0 Å². The normalized spacial score (nSPS) is 12.8. The molecule has 1 aromatic carbocycles. The van der Waals surface area contributed by atoms with Crippen molar-refractivity contribution in [3.05, 3.63) is 35.9 Å². The van der Waals surface area contributed by atoms with Gasteiger partial charge in [-0.15, -0.1) is 0 Å². The molecule has 1 unspecified atom stereocenters. The van der Waals surface area contributed by atoms with E-state index in [0.717, 1.165) is 23.7 Å². The monoisotopic (exact) mass is 244 g/mol. The van der Waals surface area contributed by atoms with Gasteiger partial charge in [-0.3, -0.25) is 0 Å². The summed E-state index contributed by atoms with van der Waals surface area (Å²) in [6.45, 7) is 4.51. The van der Waals surface area contributed by atoms with E-state index in [-0.39, 0.29) is 0 Å². The van der Waals surface area contributed by atoms with Crippen LogP contribution in [0.1, 0.15) is 51.5 Å². The van der Waals surface area contributed by atoms with Crippen LogP contribution in [0, 0.1) is 18.1 Å². The van der Waals surface area contributed by atoms with E-state index in [0.29, 0.717) is 0 Å². The number of unbranched alkanes of at least 4 members (excludes halogenated alkanes) is 1. The van der Waals surface area contributed by atoms with Crippen LogP contribution in [0.15, 0.2) is 18.2 Å². The van der Waals surface area contributed by atoms with Crippen LogP contribution in [0.4, 0.5) is 0 Å². The van der Waals surface area contributed by atoms with Gasteiger partial charge in [0.25, 0.3) is 0 Å². The summed E-state index contributed by atoms with van der Waals surface area (Å²) in [5.41, 5.74) is 1.04. The van der Waals surface area contributed by atoms with Gasteiger partial charge in [0.15, 0.2) is 0 Å². The molecule has 1 rings (SSSR count). The van der Waals surface area contributed by atoms with Gasteiger partial charge in [0.2, 0.25) is 0 Å². The number of methoxy groups -OCH3 is 1. The first-order valence-corrected chi connectivity index (χ1v) is 6.92. The maximum Gasteiger partial charge on any atom is 0.119 e. The molecular weight excluding hydrogens is 220 g/mol. The lowest BCUT2D eigenvalue weighted by Crippen LogP contribution is -1.96. The minimum Gasteiger partial charge on any atom is -0.497 e. The molecule has 2 radical (unpaired) electrons. The zero-order chi connectivity index (χ0) is 13.2. The molecule has 0 saturated carbocycles. The molecule has 1 nitrogen and oxygen atoms in total. The maximum atomic E-state index is 5.19. The molecule has 1 heteroatoms. The Hall–Kier alpha value is -1.24. The van der Waals surface area contributed by atoms with E-state index in [2.05, 4.69) is 26.0 Å². The maximum absolute atomic E-state index is 5.19. The number of allylic oxidation sites excluding steroid dienone is 1. The van der Waals surface area contributed by atoms with Crippen LogP contribution in [0.25, 0.3) is 6.08 Å². The molecule has 0 saturated heterocycles. The summed E-state index contributed by atoms with van der Waals surface area (Å²) in [5, 5.41) is 0. The number of hydrogen-bond acceptors (Lipinski definition) is 1. The summed E-state index contributed by atoms with van der Waals surface area (Å²) in [5.74, 6) is 1.65. The number of rotatable bonds is 8. The quantitative estimate of drug-likeness (QED) is 0.630. The van der Waals surface area contributed by atoms with Crippen LogP contribution in [-0.2, 0) is 0 Å². The largest absolute Gasteiger partial charge is 0.497 e. The van der Waals surface area contributed by atoms with E-state index < -0.39 is 0 Å². The Labute approximate surface area is 112 Å². The molecule has 0 amide bonds. The molecule has 0 aliphatic rings. The second-order valence-electron chi connectivity index (χ2n) is 4.65. The molecule has 18 heavy (non-hydrogen) atoms. The fourth-order valence-corrected chi connectivity index (χ4v) is 1.95. The van der Waals surface area contributed by atoms with E-state index in [1.54, 1.807) is 7.11 Å². The first kappa shape index (κ1) is 14.8. The van der Waals surface area contributed by atoms with Crippen molar-refractivity contribution in [3.8, 4) is 5.75 Å². The number of ether oxygens (including phenoxy) is 1. The smallest absolute Gasteiger partial charge is 0.119 e. The standard InChI is InChI=1S/C17H24O/c1-4-6-9-15(5-2)10-7-11-16-12-8-13-17(14-16)18-3/h8,11,13-15H,4-6,9-10H2,1-3H3. The molecular formula is C17H24O.